The van der Waals surface area contributed by atoms with Crippen molar-refractivity contribution in [2.45, 2.75) is 0 Å². The molecule has 0 saturated heterocycles. The van der Waals surface area contributed by atoms with E-state index in [2.05, 4.69) is 20.6 Å². The Morgan fingerprint density at radius 3 is 2.24 bits per heavy atom. The minimum absolute atomic E-state index is 0.372. The Morgan fingerprint density at radius 1 is 0.920 bits per heavy atom. The fourth-order valence-corrected chi connectivity index (χ4v) is 2.44. The van der Waals surface area contributed by atoms with Gasteiger partial charge in [-0.25, -0.2) is 9.97 Å². The van der Waals surface area contributed by atoms with Crippen molar-refractivity contribution in [1.29, 1.82) is 0 Å². The van der Waals surface area contributed by atoms with Gasteiger partial charge in [-0.15, -0.1) is 0 Å². The van der Waals surface area contributed by atoms with Crippen LogP contribution in [-0.4, -0.2) is 17.1 Å². The lowest BCUT2D eigenvalue weighted by Gasteiger charge is -2.13. The van der Waals surface area contributed by atoms with E-state index in [0.717, 1.165) is 11.4 Å². The largest absolute Gasteiger partial charge is 0.497 e. The third-order valence-corrected chi connectivity index (χ3v) is 4.14. The summed E-state index contributed by atoms with van der Waals surface area (Å²) in [5.41, 5.74) is 8.06. The molecule has 0 bridgehead atoms. The van der Waals surface area contributed by atoms with Gasteiger partial charge >= 0.3 is 0 Å². The Kier molecular flexibility index (Phi) is 5.11. The van der Waals surface area contributed by atoms with Crippen LogP contribution < -0.4 is 21.1 Å². The lowest BCUT2D eigenvalue weighted by Crippen LogP contribution is -2.05. The highest BCUT2D eigenvalue weighted by atomic mass is 35.5. The number of aromatic nitrogens is 2. The number of ether oxygens (including phenoxy) is 1. The van der Waals surface area contributed by atoms with Crippen LogP contribution in [0.5, 0.6) is 5.75 Å². The molecule has 0 fully saturated rings. The molecule has 0 spiro atoms. The maximum Gasteiger partial charge on any atom is 0.159 e. The summed E-state index contributed by atoms with van der Waals surface area (Å²) >= 11 is 12.0. The molecule has 128 valence electrons. The quantitative estimate of drug-likeness (QED) is 0.590. The molecule has 0 unspecified atom stereocenters. The molecule has 8 heteroatoms. The van der Waals surface area contributed by atoms with Crippen LogP contribution in [-0.2, 0) is 0 Å². The second kappa shape index (κ2) is 7.46. The number of nitrogens with two attached hydrogens (primary N) is 1. The van der Waals surface area contributed by atoms with Gasteiger partial charge in [0, 0.05) is 17.4 Å². The van der Waals surface area contributed by atoms with Crippen LogP contribution in [0, 0.1) is 0 Å². The van der Waals surface area contributed by atoms with E-state index in [1.807, 2.05) is 24.3 Å². The molecule has 0 aliphatic rings. The zero-order chi connectivity index (χ0) is 17.8. The molecule has 1 aromatic heterocycles. The molecule has 6 nitrogen and oxygen atoms in total. The van der Waals surface area contributed by atoms with Gasteiger partial charge in [0.2, 0.25) is 0 Å². The van der Waals surface area contributed by atoms with Crippen molar-refractivity contribution in [2.24, 2.45) is 0 Å². The van der Waals surface area contributed by atoms with Gasteiger partial charge in [-0.3, -0.25) is 0 Å². The number of methoxy groups -OCH3 is 1. The van der Waals surface area contributed by atoms with Gasteiger partial charge in [-0.1, -0.05) is 29.3 Å². The Balaban J connectivity index is 1.85. The fraction of sp³-hybridized carbons (Fsp3) is 0.0588. The summed E-state index contributed by atoms with van der Waals surface area (Å²) in [5.74, 6) is 1.66. The predicted molar refractivity (Wildman–Crippen MR) is 102 cm³/mol. The van der Waals surface area contributed by atoms with Crippen LogP contribution in [0.2, 0.25) is 10.0 Å². The van der Waals surface area contributed by atoms with Gasteiger partial charge in [0.25, 0.3) is 0 Å². The monoisotopic (exact) mass is 375 g/mol. The van der Waals surface area contributed by atoms with Crippen molar-refractivity contribution >= 4 is 51.9 Å². The number of nitrogens with zero attached hydrogens (tertiary/aromatic N) is 2. The van der Waals surface area contributed by atoms with E-state index < -0.39 is 0 Å². The first-order valence-electron chi connectivity index (χ1n) is 7.30. The van der Waals surface area contributed by atoms with E-state index in [9.17, 15) is 0 Å². The Bertz CT molecular complexity index is 904. The highest BCUT2D eigenvalue weighted by molar-refractivity contribution is 6.42. The summed E-state index contributed by atoms with van der Waals surface area (Å²) < 4.78 is 5.21. The average Bonchev–Trinajstić information content (AvgIpc) is 2.62. The maximum atomic E-state index is 6.18. The van der Waals surface area contributed by atoms with Crippen molar-refractivity contribution in [2.75, 3.05) is 23.5 Å². The molecule has 3 aromatic rings. The Hall–Kier alpha value is -2.70. The number of hydrogen-bond acceptors (Lipinski definition) is 6. The number of rotatable bonds is 5. The molecule has 0 amide bonds. The highest BCUT2D eigenvalue weighted by Crippen LogP contribution is 2.31. The van der Waals surface area contributed by atoms with E-state index in [0.29, 0.717) is 33.1 Å². The van der Waals surface area contributed by atoms with Crippen molar-refractivity contribution in [3.8, 4) is 5.75 Å². The van der Waals surface area contributed by atoms with Crippen molar-refractivity contribution in [3.63, 3.8) is 0 Å². The van der Waals surface area contributed by atoms with Gasteiger partial charge in [-0.05, 0) is 30.3 Å². The Labute approximate surface area is 155 Å². The number of benzene rings is 2. The fourth-order valence-electron chi connectivity index (χ4n) is 2.14. The first-order chi connectivity index (χ1) is 12.1. The van der Waals surface area contributed by atoms with Gasteiger partial charge in [0.05, 0.1) is 17.2 Å². The highest BCUT2D eigenvalue weighted by Gasteiger charge is 2.10. The summed E-state index contributed by atoms with van der Waals surface area (Å²) in [6.45, 7) is 0. The number of nitrogen functional groups attached to an aromatic ring is 1. The minimum atomic E-state index is 0.372. The van der Waals surface area contributed by atoms with E-state index in [4.69, 9.17) is 33.7 Å². The van der Waals surface area contributed by atoms with Crippen molar-refractivity contribution in [1.82, 2.24) is 9.97 Å². The third-order valence-electron chi connectivity index (χ3n) is 3.40. The summed E-state index contributed by atoms with van der Waals surface area (Å²) in [4.78, 5) is 8.36. The van der Waals surface area contributed by atoms with Crippen LogP contribution >= 0.6 is 23.2 Å². The molecular weight excluding hydrogens is 361 g/mol. The average molecular weight is 376 g/mol. The van der Waals surface area contributed by atoms with Gasteiger partial charge in [0.15, 0.2) is 11.6 Å². The van der Waals surface area contributed by atoms with Crippen LogP contribution in [0.3, 0.4) is 0 Å². The normalized spacial score (nSPS) is 10.4. The Morgan fingerprint density at radius 2 is 1.60 bits per heavy atom. The minimum Gasteiger partial charge on any atom is -0.497 e. The first-order valence-corrected chi connectivity index (χ1v) is 8.06. The molecule has 2 aromatic carbocycles. The van der Waals surface area contributed by atoms with Gasteiger partial charge < -0.3 is 21.1 Å². The molecule has 0 aliphatic carbocycles. The summed E-state index contributed by atoms with van der Waals surface area (Å²) in [7, 11) is 1.61. The van der Waals surface area contributed by atoms with E-state index in [1.54, 1.807) is 25.3 Å². The molecule has 1 heterocycles. The molecule has 0 radical (unpaired) electrons. The lowest BCUT2D eigenvalue weighted by atomic mass is 10.3. The zero-order valence-corrected chi connectivity index (χ0v) is 14.8. The predicted octanol–water partition coefficient (Wildman–Crippen LogP) is 4.86. The van der Waals surface area contributed by atoms with Crippen LogP contribution in [0.4, 0.5) is 28.7 Å². The number of halogens is 2. The number of anilines is 5. The van der Waals surface area contributed by atoms with Crippen LogP contribution in [0.25, 0.3) is 0 Å². The zero-order valence-electron chi connectivity index (χ0n) is 13.3. The number of nitrogens with one attached hydrogen (secondary N) is 2. The summed E-state index contributed by atoms with van der Waals surface area (Å²) in [5, 5.41) is 7.17. The second-order valence-corrected chi connectivity index (χ2v) is 5.91. The first kappa shape index (κ1) is 17.1. The molecule has 0 atom stereocenters. The van der Waals surface area contributed by atoms with E-state index in [-0.39, 0.29) is 0 Å². The SMILES string of the molecule is COc1cccc(Nc2ncnc(Nc3ccc(Cl)c(Cl)c3)c2N)c1. The standard InChI is InChI=1S/C17H15Cl2N5O/c1-25-12-4-2-3-10(7-12)23-16-15(20)17(22-9-21-16)24-11-5-6-13(18)14(19)8-11/h2-9H,20H2,1H3,(H2,21,22,23,24). The van der Waals surface area contributed by atoms with Crippen molar-refractivity contribution in [3.05, 3.63) is 58.8 Å². The van der Waals surface area contributed by atoms with Gasteiger partial charge in [-0.2, -0.15) is 0 Å². The topological polar surface area (TPSA) is 85.1 Å². The maximum absolute atomic E-state index is 6.18. The molecule has 25 heavy (non-hydrogen) atoms. The molecule has 0 aliphatic heterocycles. The molecule has 3 rings (SSSR count). The summed E-state index contributed by atoms with van der Waals surface area (Å²) in [6.07, 6.45) is 1.42. The molecule has 0 saturated carbocycles. The van der Waals surface area contributed by atoms with Crippen molar-refractivity contribution < 1.29 is 4.74 Å². The molecule has 4 N–H and O–H groups in total. The smallest absolute Gasteiger partial charge is 0.159 e. The molecular formula is C17H15Cl2N5O. The van der Waals surface area contributed by atoms with Crippen LogP contribution in [0.15, 0.2) is 48.8 Å². The third kappa shape index (κ3) is 4.04. The second-order valence-electron chi connectivity index (χ2n) is 5.10. The summed E-state index contributed by atoms with van der Waals surface area (Å²) in [6, 6.07) is 12.6. The van der Waals surface area contributed by atoms with Gasteiger partial charge in [0.1, 0.15) is 17.8 Å². The number of hydrogen-bond donors (Lipinski definition) is 3. The van der Waals surface area contributed by atoms with E-state index in [1.165, 1.54) is 6.33 Å². The lowest BCUT2D eigenvalue weighted by molar-refractivity contribution is 0.415. The van der Waals surface area contributed by atoms with Crippen LogP contribution in [0.1, 0.15) is 0 Å². The van der Waals surface area contributed by atoms with E-state index >= 15 is 0 Å².